The van der Waals surface area contributed by atoms with Crippen molar-refractivity contribution in [2.45, 2.75) is 58.5 Å². The second-order valence-corrected chi connectivity index (χ2v) is 6.81. The first-order valence-corrected chi connectivity index (χ1v) is 7.36. The SMILES string of the molecule is C[C@H](NC1CCC(C)(C)CC1)c1ccc(Cl)cc1. The largest absolute Gasteiger partial charge is 0.307 e. The van der Waals surface area contributed by atoms with Crippen LogP contribution in [-0.4, -0.2) is 6.04 Å². The highest BCUT2D eigenvalue weighted by Crippen LogP contribution is 2.35. The van der Waals surface area contributed by atoms with E-state index < -0.39 is 0 Å². The molecule has 1 fully saturated rings. The summed E-state index contributed by atoms with van der Waals surface area (Å²) in [5.74, 6) is 0. The summed E-state index contributed by atoms with van der Waals surface area (Å²) in [4.78, 5) is 0. The van der Waals surface area contributed by atoms with Gasteiger partial charge in [-0.05, 0) is 55.7 Å². The summed E-state index contributed by atoms with van der Waals surface area (Å²) in [6.07, 6.45) is 5.26. The van der Waals surface area contributed by atoms with Gasteiger partial charge < -0.3 is 5.32 Å². The van der Waals surface area contributed by atoms with Crippen molar-refractivity contribution in [1.29, 1.82) is 0 Å². The normalized spacial score (nSPS) is 21.8. The minimum Gasteiger partial charge on any atom is -0.307 e. The van der Waals surface area contributed by atoms with Crippen LogP contribution in [0.15, 0.2) is 24.3 Å². The zero-order chi connectivity index (χ0) is 13.2. The fraction of sp³-hybridized carbons (Fsp3) is 0.625. The average Bonchev–Trinajstić information content (AvgIpc) is 2.33. The highest BCUT2D eigenvalue weighted by molar-refractivity contribution is 6.30. The van der Waals surface area contributed by atoms with Crippen LogP contribution >= 0.6 is 11.6 Å². The van der Waals surface area contributed by atoms with Gasteiger partial charge in [-0.25, -0.2) is 0 Å². The third kappa shape index (κ3) is 3.73. The maximum Gasteiger partial charge on any atom is 0.0406 e. The Bertz CT molecular complexity index is 373. The quantitative estimate of drug-likeness (QED) is 0.815. The highest BCUT2D eigenvalue weighted by Gasteiger charge is 2.27. The predicted molar refractivity (Wildman–Crippen MR) is 79.0 cm³/mol. The maximum absolute atomic E-state index is 5.92. The predicted octanol–water partition coefficient (Wildman–Crippen LogP) is 4.96. The van der Waals surface area contributed by atoms with Crippen LogP contribution in [0.1, 0.15) is 58.1 Å². The molecule has 1 aromatic carbocycles. The Morgan fingerprint density at radius 2 is 1.72 bits per heavy atom. The van der Waals surface area contributed by atoms with Crippen molar-refractivity contribution in [3.8, 4) is 0 Å². The molecular formula is C16H24ClN. The van der Waals surface area contributed by atoms with Gasteiger partial charge in [-0.2, -0.15) is 0 Å². The molecule has 1 aromatic rings. The Hall–Kier alpha value is -0.530. The van der Waals surface area contributed by atoms with Crippen molar-refractivity contribution in [2.24, 2.45) is 5.41 Å². The number of nitrogens with one attached hydrogen (secondary N) is 1. The molecule has 0 spiro atoms. The first kappa shape index (κ1) is 13.9. The fourth-order valence-corrected chi connectivity index (χ4v) is 2.89. The first-order chi connectivity index (χ1) is 8.46. The molecule has 0 aromatic heterocycles. The molecule has 18 heavy (non-hydrogen) atoms. The molecule has 0 radical (unpaired) electrons. The number of benzene rings is 1. The summed E-state index contributed by atoms with van der Waals surface area (Å²) in [6, 6.07) is 9.26. The molecule has 100 valence electrons. The minimum absolute atomic E-state index is 0.411. The summed E-state index contributed by atoms with van der Waals surface area (Å²) in [5.41, 5.74) is 1.87. The molecule has 1 N–H and O–H groups in total. The van der Waals surface area contributed by atoms with E-state index >= 15 is 0 Å². The van der Waals surface area contributed by atoms with Gasteiger partial charge in [0.15, 0.2) is 0 Å². The minimum atomic E-state index is 0.411. The molecule has 0 unspecified atom stereocenters. The highest BCUT2D eigenvalue weighted by atomic mass is 35.5. The van der Waals surface area contributed by atoms with Crippen molar-refractivity contribution >= 4 is 11.6 Å². The van der Waals surface area contributed by atoms with Crippen molar-refractivity contribution in [2.75, 3.05) is 0 Å². The smallest absolute Gasteiger partial charge is 0.0406 e. The Balaban J connectivity index is 1.88. The summed E-state index contributed by atoms with van der Waals surface area (Å²) < 4.78 is 0. The number of hydrogen-bond acceptors (Lipinski definition) is 1. The van der Waals surface area contributed by atoms with Gasteiger partial charge in [-0.3, -0.25) is 0 Å². The lowest BCUT2D eigenvalue weighted by molar-refractivity contribution is 0.200. The van der Waals surface area contributed by atoms with E-state index in [-0.39, 0.29) is 0 Å². The third-order valence-corrected chi connectivity index (χ3v) is 4.45. The van der Waals surface area contributed by atoms with Gasteiger partial charge in [0, 0.05) is 17.1 Å². The molecule has 0 heterocycles. The van der Waals surface area contributed by atoms with E-state index in [1.165, 1.54) is 31.2 Å². The Kier molecular flexibility index (Phi) is 4.34. The van der Waals surface area contributed by atoms with E-state index in [1.54, 1.807) is 0 Å². The van der Waals surface area contributed by atoms with Crippen LogP contribution in [0.25, 0.3) is 0 Å². The molecule has 0 amide bonds. The lowest BCUT2D eigenvalue weighted by Gasteiger charge is -2.36. The van der Waals surface area contributed by atoms with Gasteiger partial charge >= 0.3 is 0 Å². The van der Waals surface area contributed by atoms with Crippen LogP contribution in [-0.2, 0) is 0 Å². The fourth-order valence-electron chi connectivity index (χ4n) is 2.77. The van der Waals surface area contributed by atoms with Crippen molar-refractivity contribution < 1.29 is 0 Å². The van der Waals surface area contributed by atoms with Crippen LogP contribution in [0.5, 0.6) is 0 Å². The number of hydrogen-bond donors (Lipinski definition) is 1. The Labute approximate surface area is 116 Å². The summed E-state index contributed by atoms with van der Waals surface area (Å²) in [6.45, 7) is 7.00. The molecule has 1 aliphatic rings. The van der Waals surface area contributed by atoms with Gasteiger partial charge in [0.25, 0.3) is 0 Å². The lowest BCUT2D eigenvalue weighted by Crippen LogP contribution is -2.36. The van der Waals surface area contributed by atoms with Crippen LogP contribution in [0.4, 0.5) is 0 Å². The van der Waals surface area contributed by atoms with E-state index in [4.69, 9.17) is 11.6 Å². The second-order valence-electron chi connectivity index (χ2n) is 6.38. The summed E-state index contributed by atoms with van der Waals surface area (Å²) >= 11 is 5.92. The average molecular weight is 266 g/mol. The molecular weight excluding hydrogens is 242 g/mol. The lowest BCUT2D eigenvalue weighted by atomic mass is 9.75. The van der Waals surface area contributed by atoms with Crippen LogP contribution in [0.2, 0.25) is 5.02 Å². The summed E-state index contributed by atoms with van der Waals surface area (Å²) in [7, 11) is 0. The van der Waals surface area contributed by atoms with Crippen LogP contribution in [0.3, 0.4) is 0 Å². The van der Waals surface area contributed by atoms with Gasteiger partial charge in [-0.1, -0.05) is 37.6 Å². The van der Waals surface area contributed by atoms with Crippen molar-refractivity contribution in [1.82, 2.24) is 5.32 Å². The van der Waals surface area contributed by atoms with E-state index in [0.29, 0.717) is 17.5 Å². The molecule has 1 atom stereocenters. The second kappa shape index (κ2) is 5.63. The van der Waals surface area contributed by atoms with Gasteiger partial charge in [-0.15, -0.1) is 0 Å². The van der Waals surface area contributed by atoms with E-state index in [0.717, 1.165) is 5.02 Å². The van der Waals surface area contributed by atoms with E-state index in [9.17, 15) is 0 Å². The van der Waals surface area contributed by atoms with Crippen LogP contribution in [0, 0.1) is 5.41 Å². The maximum atomic E-state index is 5.92. The summed E-state index contributed by atoms with van der Waals surface area (Å²) in [5, 5.41) is 4.56. The van der Waals surface area contributed by atoms with Crippen molar-refractivity contribution in [3.63, 3.8) is 0 Å². The molecule has 0 aliphatic heterocycles. The van der Waals surface area contributed by atoms with Gasteiger partial charge in [0.1, 0.15) is 0 Å². The number of rotatable bonds is 3. The zero-order valence-electron chi connectivity index (χ0n) is 11.7. The Morgan fingerprint density at radius 3 is 2.28 bits per heavy atom. The molecule has 2 heteroatoms. The molecule has 1 saturated carbocycles. The van der Waals surface area contributed by atoms with E-state index in [1.807, 2.05) is 12.1 Å². The molecule has 2 rings (SSSR count). The molecule has 0 bridgehead atoms. The van der Waals surface area contributed by atoms with Gasteiger partial charge in [0.05, 0.1) is 0 Å². The molecule has 1 nitrogen and oxygen atoms in total. The number of halogens is 1. The Morgan fingerprint density at radius 1 is 1.17 bits per heavy atom. The monoisotopic (exact) mass is 265 g/mol. The van der Waals surface area contributed by atoms with Gasteiger partial charge in [0.2, 0.25) is 0 Å². The first-order valence-electron chi connectivity index (χ1n) is 6.98. The zero-order valence-corrected chi connectivity index (χ0v) is 12.4. The van der Waals surface area contributed by atoms with Crippen LogP contribution < -0.4 is 5.32 Å². The topological polar surface area (TPSA) is 12.0 Å². The molecule has 0 saturated heterocycles. The van der Waals surface area contributed by atoms with Crippen molar-refractivity contribution in [3.05, 3.63) is 34.9 Å². The third-order valence-electron chi connectivity index (χ3n) is 4.19. The van der Waals surface area contributed by atoms with E-state index in [2.05, 4.69) is 38.2 Å². The molecule has 1 aliphatic carbocycles. The standard InChI is InChI=1S/C16H24ClN/c1-12(13-4-6-14(17)7-5-13)18-15-8-10-16(2,3)11-9-15/h4-7,12,15,18H,8-11H2,1-3H3/t12-/m0/s1.